The Morgan fingerprint density at radius 3 is 2.50 bits per heavy atom. The van der Waals surface area contributed by atoms with Crippen LogP contribution in [0, 0.1) is 0 Å². The number of hydrogen-bond donors (Lipinski definition) is 4. The summed E-state index contributed by atoms with van der Waals surface area (Å²) in [5.74, 6) is 0.931. The molecule has 0 aliphatic carbocycles. The van der Waals surface area contributed by atoms with Crippen molar-refractivity contribution in [1.82, 2.24) is 16.0 Å². The van der Waals surface area contributed by atoms with Crippen molar-refractivity contribution in [1.29, 1.82) is 0 Å². The van der Waals surface area contributed by atoms with Gasteiger partial charge in [-0.15, -0.1) is 0 Å². The van der Waals surface area contributed by atoms with Gasteiger partial charge in [-0.05, 0) is 32.9 Å². The maximum atomic E-state index is 12.1. The second kappa shape index (κ2) is 11.4. The molecular formula is C18H30BrN3O4. The number of ether oxygens (including phenoxy) is 2. The average Bonchev–Trinajstić information content (AvgIpc) is 2.56. The van der Waals surface area contributed by atoms with Gasteiger partial charge in [-0.25, -0.2) is 0 Å². The summed E-state index contributed by atoms with van der Waals surface area (Å²) in [7, 11) is 1.57. The quantitative estimate of drug-likeness (QED) is 0.396. The van der Waals surface area contributed by atoms with Gasteiger partial charge in [0.25, 0.3) is 5.91 Å². The molecule has 4 N–H and O–H groups in total. The van der Waals surface area contributed by atoms with Crippen molar-refractivity contribution in [3.63, 3.8) is 0 Å². The number of aliphatic hydroxyl groups is 1. The second-order valence-corrected chi connectivity index (χ2v) is 7.65. The van der Waals surface area contributed by atoms with Crippen LogP contribution in [0.3, 0.4) is 0 Å². The number of aliphatic hydroxyl groups excluding tert-OH is 1. The Bertz CT molecular complexity index is 576. The Morgan fingerprint density at radius 2 is 1.88 bits per heavy atom. The number of amides is 1. The Morgan fingerprint density at radius 1 is 1.19 bits per heavy atom. The zero-order valence-electron chi connectivity index (χ0n) is 15.9. The van der Waals surface area contributed by atoms with Crippen molar-refractivity contribution in [2.75, 3.05) is 40.0 Å². The third-order valence-electron chi connectivity index (χ3n) is 3.32. The van der Waals surface area contributed by atoms with Crippen LogP contribution in [-0.4, -0.2) is 56.5 Å². The highest BCUT2D eigenvalue weighted by molar-refractivity contribution is 9.10. The molecule has 1 rings (SSSR count). The lowest BCUT2D eigenvalue weighted by Gasteiger charge is -2.21. The van der Waals surface area contributed by atoms with Crippen LogP contribution in [0.15, 0.2) is 16.6 Å². The minimum Gasteiger partial charge on any atom is -0.493 e. The van der Waals surface area contributed by atoms with Gasteiger partial charge in [-0.3, -0.25) is 4.79 Å². The fourth-order valence-corrected chi connectivity index (χ4v) is 2.70. The van der Waals surface area contributed by atoms with E-state index in [0.717, 1.165) is 23.1 Å². The van der Waals surface area contributed by atoms with Crippen LogP contribution in [0.2, 0.25) is 0 Å². The van der Waals surface area contributed by atoms with Gasteiger partial charge in [-0.2, -0.15) is 0 Å². The van der Waals surface area contributed by atoms with E-state index in [1.807, 2.05) is 26.8 Å². The number of halogens is 1. The summed E-state index contributed by atoms with van der Waals surface area (Å²) in [6, 6.07) is 3.69. The Kier molecular flexibility index (Phi) is 9.93. The van der Waals surface area contributed by atoms with E-state index in [1.165, 1.54) is 0 Å². The van der Waals surface area contributed by atoms with Gasteiger partial charge in [0.15, 0.2) is 18.1 Å². The molecule has 0 aliphatic rings. The monoisotopic (exact) mass is 431 g/mol. The van der Waals surface area contributed by atoms with Crippen LogP contribution in [0.25, 0.3) is 0 Å². The molecule has 0 spiro atoms. The third-order valence-corrected chi connectivity index (χ3v) is 4.06. The number of rotatable bonds is 11. The fourth-order valence-electron chi connectivity index (χ4n) is 2.25. The van der Waals surface area contributed by atoms with E-state index in [4.69, 9.17) is 14.6 Å². The average molecular weight is 432 g/mol. The number of hydrogen-bond acceptors (Lipinski definition) is 6. The summed E-state index contributed by atoms with van der Waals surface area (Å²) < 4.78 is 12.1. The van der Waals surface area contributed by atoms with Crippen molar-refractivity contribution in [3.05, 3.63) is 22.2 Å². The fraction of sp³-hybridized carbons (Fsp3) is 0.611. The van der Waals surface area contributed by atoms with Crippen molar-refractivity contribution >= 4 is 21.8 Å². The molecule has 26 heavy (non-hydrogen) atoms. The third kappa shape index (κ3) is 8.35. The van der Waals surface area contributed by atoms with E-state index < -0.39 is 0 Å². The minimum atomic E-state index is -0.312. The summed E-state index contributed by atoms with van der Waals surface area (Å²) in [5, 5.41) is 18.0. The van der Waals surface area contributed by atoms with E-state index in [2.05, 4.69) is 31.9 Å². The first-order valence-corrected chi connectivity index (χ1v) is 9.39. The standard InChI is InChI=1S/C18H30BrN3O4/c1-18(2,3)22-16(24)12-26-17-13(11-21-8-7-20-9-10-23)14(19)5-6-15(17)25-4/h5-6,20-21,23H,7-12H2,1-4H3,(H,22,24). The molecule has 1 aromatic carbocycles. The molecule has 0 fully saturated rings. The Hall–Kier alpha value is -1.35. The lowest BCUT2D eigenvalue weighted by atomic mass is 10.1. The topological polar surface area (TPSA) is 91.8 Å². The van der Waals surface area contributed by atoms with Crippen molar-refractivity contribution in [3.8, 4) is 11.5 Å². The predicted molar refractivity (Wildman–Crippen MR) is 106 cm³/mol. The van der Waals surface area contributed by atoms with Crippen LogP contribution >= 0.6 is 15.9 Å². The molecule has 0 aromatic heterocycles. The highest BCUT2D eigenvalue weighted by Gasteiger charge is 2.18. The maximum absolute atomic E-state index is 12.1. The molecule has 8 heteroatoms. The minimum absolute atomic E-state index is 0.0882. The lowest BCUT2D eigenvalue weighted by molar-refractivity contribution is -0.124. The summed E-state index contributed by atoms with van der Waals surface area (Å²) in [5.41, 5.74) is 0.573. The van der Waals surface area contributed by atoms with E-state index in [-0.39, 0.29) is 24.7 Å². The Balaban J connectivity index is 2.75. The summed E-state index contributed by atoms with van der Waals surface area (Å²) in [6.45, 7) is 8.39. The zero-order valence-corrected chi connectivity index (χ0v) is 17.5. The molecule has 0 atom stereocenters. The summed E-state index contributed by atoms with van der Waals surface area (Å²) in [4.78, 5) is 12.1. The summed E-state index contributed by atoms with van der Waals surface area (Å²) >= 11 is 3.54. The molecule has 0 radical (unpaired) electrons. The smallest absolute Gasteiger partial charge is 0.258 e. The highest BCUT2D eigenvalue weighted by atomic mass is 79.9. The molecule has 0 bridgehead atoms. The molecule has 0 saturated carbocycles. The van der Waals surface area contributed by atoms with E-state index in [0.29, 0.717) is 24.6 Å². The zero-order chi connectivity index (χ0) is 19.6. The van der Waals surface area contributed by atoms with Gasteiger partial charge in [-0.1, -0.05) is 15.9 Å². The molecule has 0 unspecified atom stereocenters. The van der Waals surface area contributed by atoms with E-state index in [1.54, 1.807) is 13.2 Å². The number of nitrogens with one attached hydrogen (secondary N) is 3. The van der Waals surface area contributed by atoms with Crippen molar-refractivity contribution < 1.29 is 19.4 Å². The first kappa shape index (κ1) is 22.7. The van der Waals surface area contributed by atoms with Crippen molar-refractivity contribution in [2.24, 2.45) is 0 Å². The number of methoxy groups -OCH3 is 1. The van der Waals surface area contributed by atoms with Crippen LogP contribution in [0.5, 0.6) is 11.5 Å². The molecular weight excluding hydrogens is 402 g/mol. The van der Waals surface area contributed by atoms with Gasteiger partial charge < -0.3 is 30.5 Å². The predicted octanol–water partition coefficient (Wildman–Crippen LogP) is 1.42. The molecule has 0 aliphatic heterocycles. The van der Waals surface area contributed by atoms with E-state index in [9.17, 15) is 4.79 Å². The molecule has 1 amide bonds. The van der Waals surface area contributed by atoms with E-state index >= 15 is 0 Å². The SMILES string of the molecule is COc1ccc(Br)c(CNCCNCCO)c1OCC(=O)NC(C)(C)C. The summed E-state index contributed by atoms with van der Waals surface area (Å²) in [6.07, 6.45) is 0. The van der Waals surface area contributed by atoms with Gasteiger partial charge in [0.05, 0.1) is 13.7 Å². The van der Waals surface area contributed by atoms with Crippen molar-refractivity contribution in [2.45, 2.75) is 32.9 Å². The van der Waals surface area contributed by atoms with Gasteiger partial charge in [0, 0.05) is 41.8 Å². The highest BCUT2D eigenvalue weighted by Crippen LogP contribution is 2.36. The lowest BCUT2D eigenvalue weighted by Crippen LogP contribution is -2.43. The van der Waals surface area contributed by atoms with Gasteiger partial charge >= 0.3 is 0 Å². The molecule has 0 heterocycles. The first-order chi connectivity index (χ1) is 12.3. The number of carbonyl (C=O) groups is 1. The van der Waals surface area contributed by atoms with Crippen LogP contribution in [0.4, 0.5) is 0 Å². The molecule has 7 nitrogen and oxygen atoms in total. The first-order valence-electron chi connectivity index (χ1n) is 8.60. The maximum Gasteiger partial charge on any atom is 0.258 e. The second-order valence-electron chi connectivity index (χ2n) is 6.79. The molecule has 148 valence electrons. The normalized spacial score (nSPS) is 11.3. The largest absolute Gasteiger partial charge is 0.493 e. The Labute approximate surface area is 164 Å². The number of carbonyl (C=O) groups excluding carboxylic acids is 1. The number of benzene rings is 1. The van der Waals surface area contributed by atoms with Crippen LogP contribution in [-0.2, 0) is 11.3 Å². The van der Waals surface area contributed by atoms with Crippen LogP contribution < -0.4 is 25.4 Å². The van der Waals surface area contributed by atoms with Gasteiger partial charge in [0.2, 0.25) is 0 Å². The molecule has 1 aromatic rings. The molecule has 0 saturated heterocycles. The van der Waals surface area contributed by atoms with Crippen LogP contribution in [0.1, 0.15) is 26.3 Å². The van der Waals surface area contributed by atoms with Gasteiger partial charge in [0.1, 0.15) is 0 Å².